The number of hydrogen-bond acceptors (Lipinski definition) is 3. The van der Waals surface area contributed by atoms with Gasteiger partial charge in [-0.05, 0) is 42.0 Å². The van der Waals surface area contributed by atoms with E-state index >= 15 is 0 Å². The Morgan fingerprint density at radius 3 is 2.41 bits per heavy atom. The van der Waals surface area contributed by atoms with Crippen molar-refractivity contribution in [3.05, 3.63) is 106 Å². The fraction of sp³-hybridized carbons (Fsp3) is 0.125. The van der Waals surface area contributed by atoms with Crippen LogP contribution < -0.4 is 0 Å². The number of rotatable bonds is 5. The van der Waals surface area contributed by atoms with Crippen LogP contribution in [0.2, 0.25) is 5.02 Å². The number of fused-ring (bicyclic) bond motifs is 1. The molecule has 1 atom stereocenters. The third-order valence-electron chi connectivity index (χ3n) is 5.16. The van der Waals surface area contributed by atoms with Gasteiger partial charge in [-0.15, -0.1) is 0 Å². The van der Waals surface area contributed by atoms with Crippen molar-refractivity contribution in [3.63, 3.8) is 0 Å². The summed E-state index contributed by atoms with van der Waals surface area (Å²) in [5, 5.41) is 1.17. The lowest BCUT2D eigenvalue weighted by atomic mass is 9.87. The second-order valence-corrected chi connectivity index (χ2v) is 7.60. The summed E-state index contributed by atoms with van der Waals surface area (Å²) in [7, 11) is 0. The summed E-state index contributed by atoms with van der Waals surface area (Å²) < 4.78 is 53.4. The van der Waals surface area contributed by atoms with Gasteiger partial charge < -0.3 is 0 Å². The van der Waals surface area contributed by atoms with Crippen LogP contribution in [0, 0.1) is 5.82 Å². The Morgan fingerprint density at radius 1 is 0.969 bits per heavy atom. The smallest absolute Gasteiger partial charge is 0.294 e. The number of hydrogen-bond donors (Lipinski definition) is 0. The molecule has 8 heteroatoms. The molecule has 4 rings (SSSR count). The van der Waals surface area contributed by atoms with E-state index in [-0.39, 0.29) is 17.9 Å². The molecule has 0 amide bonds. The van der Waals surface area contributed by atoms with Crippen LogP contribution in [0.1, 0.15) is 39.5 Å². The van der Waals surface area contributed by atoms with E-state index in [0.717, 1.165) is 12.1 Å². The third kappa shape index (κ3) is 4.48. The van der Waals surface area contributed by atoms with Gasteiger partial charge in [-0.1, -0.05) is 35.9 Å². The molecule has 162 valence electrons. The van der Waals surface area contributed by atoms with Crippen molar-refractivity contribution in [2.45, 2.75) is 18.5 Å². The van der Waals surface area contributed by atoms with Crippen molar-refractivity contribution in [1.82, 2.24) is 9.97 Å². The summed E-state index contributed by atoms with van der Waals surface area (Å²) in [5.41, 5.74) is 0.373. The highest BCUT2D eigenvalue weighted by molar-refractivity contribution is 6.35. The topological polar surface area (TPSA) is 42.9 Å². The molecular weight excluding hydrogens is 444 g/mol. The first-order valence-electron chi connectivity index (χ1n) is 9.59. The standard InChI is InChI=1S/C24H15ClF4N2O/c25-19-9-11-30-21-12-15(5-8-17(19)21)22(32)13-18(23-20(26)2-1-10-31-23)14-3-6-16(7-4-14)24(27,28)29/h1-12,18H,13H2/t18-/m0/s1. The molecule has 0 bridgehead atoms. The summed E-state index contributed by atoms with van der Waals surface area (Å²) in [6.07, 6.45) is -1.79. The molecule has 0 aliphatic rings. The van der Waals surface area contributed by atoms with Crippen molar-refractivity contribution < 1.29 is 22.4 Å². The molecule has 32 heavy (non-hydrogen) atoms. The summed E-state index contributed by atoms with van der Waals surface area (Å²) >= 11 is 6.14. The second-order valence-electron chi connectivity index (χ2n) is 7.19. The van der Waals surface area contributed by atoms with E-state index in [4.69, 9.17) is 11.6 Å². The van der Waals surface area contributed by atoms with Gasteiger partial charge in [0.05, 0.1) is 21.8 Å². The quantitative estimate of drug-likeness (QED) is 0.243. The fourth-order valence-electron chi connectivity index (χ4n) is 3.52. The maximum atomic E-state index is 14.5. The number of carbonyl (C=O) groups excluding carboxylic acids is 1. The van der Waals surface area contributed by atoms with Gasteiger partial charge in [0.15, 0.2) is 5.78 Å². The first kappa shape index (κ1) is 21.9. The average Bonchev–Trinajstić information content (AvgIpc) is 2.77. The zero-order valence-corrected chi connectivity index (χ0v) is 17.2. The van der Waals surface area contributed by atoms with Gasteiger partial charge in [0.1, 0.15) is 5.82 Å². The molecule has 0 unspecified atom stereocenters. The van der Waals surface area contributed by atoms with Crippen LogP contribution in [0.25, 0.3) is 10.9 Å². The molecule has 2 aromatic heterocycles. The number of pyridine rings is 2. The maximum Gasteiger partial charge on any atom is 0.416 e. The molecule has 3 nitrogen and oxygen atoms in total. The molecule has 0 radical (unpaired) electrons. The lowest BCUT2D eigenvalue weighted by Crippen LogP contribution is -2.13. The number of carbonyl (C=O) groups is 1. The minimum atomic E-state index is -4.50. The number of alkyl halides is 3. The number of nitrogens with zero attached hydrogens (tertiary/aromatic N) is 2. The molecule has 0 aliphatic carbocycles. The van der Waals surface area contributed by atoms with Gasteiger partial charge in [0.2, 0.25) is 0 Å². The number of ketones is 1. The van der Waals surface area contributed by atoms with E-state index in [0.29, 0.717) is 27.1 Å². The minimum Gasteiger partial charge on any atom is -0.294 e. The Hall–Kier alpha value is -3.32. The van der Waals surface area contributed by atoms with Gasteiger partial charge in [-0.25, -0.2) is 4.39 Å². The Labute approximate surface area is 185 Å². The monoisotopic (exact) mass is 458 g/mol. The lowest BCUT2D eigenvalue weighted by molar-refractivity contribution is -0.137. The first-order valence-corrected chi connectivity index (χ1v) is 9.97. The molecule has 0 saturated heterocycles. The summed E-state index contributed by atoms with van der Waals surface area (Å²) in [4.78, 5) is 21.3. The molecular formula is C24H15ClF4N2O. The maximum absolute atomic E-state index is 14.5. The van der Waals surface area contributed by atoms with Crippen molar-refractivity contribution >= 4 is 28.3 Å². The number of aromatic nitrogens is 2. The van der Waals surface area contributed by atoms with E-state index in [1.807, 2.05) is 0 Å². The van der Waals surface area contributed by atoms with E-state index in [1.54, 1.807) is 24.3 Å². The van der Waals surface area contributed by atoms with Crippen LogP contribution in [0.4, 0.5) is 17.6 Å². The minimum absolute atomic E-state index is 0.0115. The largest absolute Gasteiger partial charge is 0.416 e. The van der Waals surface area contributed by atoms with Gasteiger partial charge >= 0.3 is 6.18 Å². The second kappa shape index (κ2) is 8.67. The van der Waals surface area contributed by atoms with Gasteiger partial charge in [-0.2, -0.15) is 13.2 Å². The molecule has 0 spiro atoms. The van der Waals surface area contributed by atoms with Crippen LogP contribution in [0.3, 0.4) is 0 Å². The van der Waals surface area contributed by atoms with E-state index in [1.165, 1.54) is 36.7 Å². The van der Waals surface area contributed by atoms with Crippen molar-refractivity contribution in [2.75, 3.05) is 0 Å². The molecule has 2 heterocycles. The highest BCUT2D eigenvalue weighted by Gasteiger charge is 2.31. The SMILES string of the molecule is O=C(C[C@@H](c1ccc(C(F)(F)F)cc1)c1ncccc1F)c1ccc2c(Cl)ccnc2c1. The van der Waals surface area contributed by atoms with Crippen molar-refractivity contribution in [2.24, 2.45) is 0 Å². The van der Waals surface area contributed by atoms with Crippen LogP contribution in [0.15, 0.2) is 73.1 Å². The van der Waals surface area contributed by atoms with Crippen LogP contribution in [0.5, 0.6) is 0 Å². The summed E-state index contributed by atoms with van der Waals surface area (Å²) in [5.74, 6) is -1.84. The van der Waals surface area contributed by atoms with E-state index in [2.05, 4.69) is 9.97 Å². The highest BCUT2D eigenvalue weighted by atomic mass is 35.5. The Bertz CT molecular complexity index is 1290. The summed E-state index contributed by atoms with van der Waals surface area (Å²) in [6.45, 7) is 0. The predicted octanol–water partition coefficient (Wildman–Crippen LogP) is 6.85. The zero-order valence-electron chi connectivity index (χ0n) is 16.4. The highest BCUT2D eigenvalue weighted by Crippen LogP contribution is 2.34. The number of benzene rings is 2. The Kier molecular flexibility index (Phi) is 5.93. The average molecular weight is 459 g/mol. The van der Waals surface area contributed by atoms with E-state index < -0.39 is 23.5 Å². The van der Waals surface area contributed by atoms with Gasteiger partial charge in [0, 0.05) is 35.7 Å². The molecule has 0 fully saturated rings. The van der Waals surface area contributed by atoms with Gasteiger partial charge in [-0.3, -0.25) is 14.8 Å². The molecule has 0 aliphatic heterocycles. The van der Waals surface area contributed by atoms with Crippen LogP contribution in [-0.2, 0) is 6.18 Å². The number of Topliss-reactive ketones (excluding diaryl/α,β-unsaturated/α-hetero) is 1. The van der Waals surface area contributed by atoms with Crippen molar-refractivity contribution in [1.29, 1.82) is 0 Å². The van der Waals surface area contributed by atoms with Crippen LogP contribution in [-0.4, -0.2) is 15.8 Å². The predicted molar refractivity (Wildman–Crippen MR) is 113 cm³/mol. The first-order chi connectivity index (χ1) is 15.2. The summed E-state index contributed by atoms with van der Waals surface area (Å²) in [6, 6.07) is 13.4. The molecule has 0 N–H and O–H groups in total. The normalized spacial score (nSPS) is 12.7. The van der Waals surface area contributed by atoms with E-state index in [9.17, 15) is 22.4 Å². The van der Waals surface area contributed by atoms with Gasteiger partial charge in [0.25, 0.3) is 0 Å². The Balaban J connectivity index is 1.71. The lowest BCUT2D eigenvalue weighted by Gasteiger charge is -2.18. The molecule has 2 aromatic carbocycles. The fourth-order valence-corrected chi connectivity index (χ4v) is 3.74. The third-order valence-corrected chi connectivity index (χ3v) is 5.49. The number of halogens is 5. The Morgan fingerprint density at radius 2 is 1.72 bits per heavy atom. The molecule has 4 aromatic rings. The van der Waals surface area contributed by atoms with Crippen molar-refractivity contribution in [3.8, 4) is 0 Å². The molecule has 0 saturated carbocycles. The zero-order chi connectivity index (χ0) is 22.9. The van der Waals surface area contributed by atoms with Crippen LogP contribution >= 0.6 is 11.6 Å².